The van der Waals surface area contributed by atoms with E-state index in [4.69, 9.17) is 15.5 Å². The lowest BCUT2D eigenvalue weighted by molar-refractivity contribution is -0.881. The fourth-order valence-corrected chi connectivity index (χ4v) is 6.22. The van der Waals surface area contributed by atoms with Crippen LogP contribution in [0, 0.1) is 0 Å². The van der Waals surface area contributed by atoms with Crippen molar-refractivity contribution in [3.63, 3.8) is 0 Å². The number of fused-ring (bicyclic) bond motifs is 1. The summed E-state index contributed by atoms with van der Waals surface area (Å²) in [6.45, 7) is 7.89. The summed E-state index contributed by atoms with van der Waals surface area (Å²) in [7, 11) is 3.69. The van der Waals surface area contributed by atoms with Gasteiger partial charge in [0.05, 0.1) is 45.0 Å². The number of piperidine rings is 1. The SMILES string of the molecule is CC(C)(C)c1csc(NC(=O)c2ccn3c(=O)c(C=Cc4nn[nH]n4)c(N4CCC[C@@H](OC(=O)NCC[N+](C)(C)CC(N)=O)C4)nc3c2)n1. The number of carbonyl (C=O) groups is 3. The summed E-state index contributed by atoms with van der Waals surface area (Å²) >= 11 is 1.34. The number of amides is 3. The molecule has 4 aromatic rings. The van der Waals surface area contributed by atoms with Gasteiger partial charge in [-0.2, -0.15) is 5.21 Å². The molecule has 17 nitrogen and oxygen atoms in total. The van der Waals surface area contributed by atoms with Crippen LogP contribution in [-0.2, 0) is 14.9 Å². The standard InChI is InChI=1S/C31H40N12O5S/c1-31(2,3)22-18-49-29(34-22)36-27(45)19-10-13-42-25(15-19)35-26(21(28(42)46)8-9-24-37-39-40-38-24)41-12-6-7-20(16-41)48-30(47)33-11-14-43(4,5)17-23(32)44/h8-10,13,15,18,20H,6-7,11-12,14,16-17H2,1-5H3,(H4-,32,33,34,36,37,38,39,40,44,45,47)/p+1/t20-/m1/s1. The topological polar surface area (TPSA) is 215 Å². The number of hydrogen-bond acceptors (Lipinski definition) is 12. The van der Waals surface area contributed by atoms with E-state index in [1.165, 1.54) is 21.9 Å². The molecule has 0 saturated carbocycles. The molecule has 1 atom stereocenters. The summed E-state index contributed by atoms with van der Waals surface area (Å²) < 4.78 is 7.42. The van der Waals surface area contributed by atoms with Crippen LogP contribution in [0.15, 0.2) is 28.5 Å². The highest BCUT2D eigenvalue weighted by atomic mass is 32.1. The molecule has 5 heterocycles. The summed E-state index contributed by atoms with van der Waals surface area (Å²) in [5.41, 5.74) is 6.47. The Balaban J connectivity index is 1.38. The lowest BCUT2D eigenvalue weighted by Crippen LogP contribution is -2.50. The second-order valence-corrected chi connectivity index (χ2v) is 14.3. The number of anilines is 2. The molecule has 49 heavy (non-hydrogen) atoms. The Bertz CT molecular complexity index is 1910. The number of tetrazole rings is 1. The first-order valence-electron chi connectivity index (χ1n) is 15.7. The largest absolute Gasteiger partial charge is 0.444 e. The molecule has 1 fully saturated rings. The third-order valence-corrected chi connectivity index (χ3v) is 8.64. The zero-order valence-electron chi connectivity index (χ0n) is 28.1. The number of carbonyl (C=O) groups excluding carboxylic acids is 3. The molecule has 1 saturated heterocycles. The van der Waals surface area contributed by atoms with Crippen LogP contribution in [0.5, 0.6) is 0 Å². The first-order chi connectivity index (χ1) is 23.2. The van der Waals surface area contributed by atoms with E-state index in [1.807, 2.05) is 45.1 Å². The number of nitrogens with one attached hydrogen (secondary N) is 3. The first kappa shape index (κ1) is 35.1. The van der Waals surface area contributed by atoms with Crippen molar-refractivity contribution < 1.29 is 23.6 Å². The number of aromatic nitrogens is 7. The highest BCUT2D eigenvalue weighted by molar-refractivity contribution is 7.14. The minimum Gasteiger partial charge on any atom is -0.444 e. The lowest BCUT2D eigenvalue weighted by atomic mass is 9.93. The van der Waals surface area contributed by atoms with E-state index in [-0.39, 0.29) is 47.0 Å². The van der Waals surface area contributed by atoms with Crippen molar-refractivity contribution in [2.75, 3.05) is 57.0 Å². The Morgan fingerprint density at radius 1 is 1.22 bits per heavy atom. The number of nitrogens with two attached hydrogens (primary N) is 1. The molecule has 18 heteroatoms. The molecule has 5 N–H and O–H groups in total. The highest BCUT2D eigenvalue weighted by Gasteiger charge is 2.28. The third-order valence-electron chi connectivity index (χ3n) is 7.88. The lowest BCUT2D eigenvalue weighted by Gasteiger charge is -2.34. The summed E-state index contributed by atoms with van der Waals surface area (Å²) in [4.78, 5) is 62.4. The summed E-state index contributed by atoms with van der Waals surface area (Å²) in [6.07, 6.45) is 4.84. The van der Waals surface area contributed by atoms with Gasteiger partial charge in [-0.05, 0) is 42.3 Å². The second-order valence-electron chi connectivity index (χ2n) is 13.5. The maximum Gasteiger partial charge on any atom is 0.407 e. The maximum atomic E-state index is 13.9. The molecule has 0 aromatic carbocycles. The Morgan fingerprint density at radius 3 is 2.71 bits per heavy atom. The number of hydrogen-bond donors (Lipinski definition) is 4. The zero-order chi connectivity index (χ0) is 35.3. The average molecular weight is 694 g/mol. The molecule has 0 spiro atoms. The van der Waals surface area contributed by atoms with Crippen molar-refractivity contribution in [3.05, 3.63) is 56.7 Å². The van der Waals surface area contributed by atoms with Gasteiger partial charge in [-0.15, -0.1) is 21.5 Å². The molecule has 0 unspecified atom stereocenters. The van der Waals surface area contributed by atoms with Gasteiger partial charge in [0, 0.05) is 29.1 Å². The molecule has 3 amide bonds. The van der Waals surface area contributed by atoms with Crippen molar-refractivity contribution in [1.29, 1.82) is 0 Å². The molecule has 0 bridgehead atoms. The number of H-pyrrole nitrogens is 1. The van der Waals surface area contributed by atoms with Crippen molar-refractivity contribution >= 4 is 58.0 Å². The Morgan fingerprint density at radius 2 is 2.02 bits per heavy atom. The van der Waals surface area contributed by atoms with Gasteiger partial charge >= 0.3 is 6.09 Å². The van der Waals surface area contributed by atoms with Gasteiger partial charge in [0.2, 0.25) is 0 Å². The third kappa shape index (κ3) is 9.02. The number of pyridine rings is 1. The van der Waals surface area contributed by atoms with Gasteiger partial charge in [-0.25, -0.2) is 14.8 Å². The number of likely N-dealkylation sites (N-methyl/N-ethyl adjacent to an activating group) is 1. The van der Waals surface area contributed by atoms with Gasteiger partial charge < -0.3 is 25.2 Å². The molecule has 260 valence electrons. The van der Waals surface area contributed by atoms with E-state index in [9.17, 15) is 19.2 Å². The minimum absolute atomic E-state index is 0.146. The predicted octanol–water partition coefficient (Wildman–Crippen LogP) is 1.64. The predicted molar refractivity (Wildman–Crippen MR) is 184 cm³/mol. The van der Waals surface area contributed by atoms with Gasteiger partial charge in [0.15, 0.2) is 17.5 Å². The van der Waals surface area contributed by atoms with Gasteiger partial charge in [-0.3, -0.25) is 24.1 Å². The minimum atomic E-state index is -0.583. The van der Waals surface area contributed by atoms with Gasteiger partial charge in [-0.1, -0.05) is 20.8 Å². The normalized spacial score (nSPS) is 15.4. The van der Waals surface area contributed by atoms with Crippen molar-refractivity contribution in [3.8, 4) is 0 Å². The number of alkyl carbamates (subject to hydrolysis) is 1. The molecule has 4 aromatic heterocycles. The number of rotatable bonds is 11. The fraction of sp³-hybridized carbons (Fsp3) is 0.452. The smallest absolute Gasteiger partial charge is 0.407 e. The zero-order valence-corrected chi connectivity index (χ0v) is 28.9. The summed E-state index contributed by atoms with van der Waals surface area (Å²) in [6, 6.07) is 3.10. The van der Waals surface area contributed by atoms with E-state index in [0.29, 0.717) is 53.5 Å². The Kier molecular flexibility index (Phi) is 10.4. The van der Waals surface area contributed by atoms with Crippen LogP contribution in [0.1, 0.15) is 61.1 Å². The van der Waals surface area contributed by atoms with Crippen LogP contribution in [0.4, 0.5) is 15.7 Å². The van der Waals surface area contributed by atoms with Crippen LogP contribution in [0.2, 0.25) is 0 Å². The second kappa shape index (κ2) is 14.5. The number of primary amides is 1. The molecule has 1 aliphatic heterocycles. The fourth-order valence-electron chi connectivity index (χ4n) is 5.29. The van der Waals surface area contributed by atoms with Crippen LogP contribution in [0.25, 0.3) is 17.8 Å². The molecule has 0 aliphatic carbocycles. The van der Waals surface area contributed by atoms with E-state index >= 15 is 0 Å². The number of ether oxygens (including phenoxy) is 1. The Hall–Kier alpha value is -5.23. The summed E-state index contributed by atoms with van der Waals surface area (Å²) in [5, 5.41) is 21.8. The number of aromatic amines is 1. The van der Waals surface area contributed by atoms with Crippen molar-refractivity contribution in [1.82, 2.24) is 40.3 Å². The molecular formula is C31H41N12O5S+. The van der Waals surface area contributed by atoms with Crippen LogP contribution >= 0.6 is 11.3 Å². The van der Waals surface area contributed by atoms with Crippen molar-refractivity contribution in [2.45, 2.75) is 45.1 Å². The van der Waals surface area contributed by atoms with Crippen LogP contribution < -0.4 is 26.8 Å². The molecular weight excluding hydrogens is 652 g/mol. The first-order valence-corrected chi connectivity index (χ1v) is 16.6. The van der Waals surface area contributed by atoms with Crippen LogP contribution in [0.3, 0.4) is 0 Å². The van der Waals surface area contributed by atoms with E-state index < -0.39 is 18.1 Å². The monoisotopic (exact) mass is 693 g/mol. The highest BCUT2D eigenvalue weighted by Crippen LogP contribution is 2.27. The number of quaternary nitrogens is 1. The van der Waals surface area contributed by atoms with E-state index in [1.54, 1.807) is 24.3 Å². The number of thiazole rings is 1. The van der Waals surface area contributed by atoms with E-state index in [2.05, 4.69) is 36.2 Å². The molecule has 1 aliphatic rings. The van der Waals surface area contributed by atoms with Crippen molar-refractivity contribution in [2.24, 2.45) is 5.73 Å². The Labute approximate surface area is 286 Å². The average Bonchev–Trinajstić information content (AvgIpc) is 3.72. The quantitative estimate of drug-likeness (QED) is 0.166. The van der Waals surface area contributed by atoms with Gasteiger partial charge in [0.1, 0.15) is 17.6 Å². The summed E-state index contributed by atoms with van der Waals surface area (Å²) in [5.74, 6) is -0.179. The maximum absolute atomic E-state index is 13.9. The number of nitrogens with zero attached hydrogens (tertiary/aromatic N) is 8. The van der Waals surface area contributed by atoms with Gasteiger partial charge in [0.25, 0.3) is 17.4 Å². The van der Waals surface area contributed by atoms with E-state index in [0.717, 1.165) is 5.69 Å². The van der Waals surface area contributed by atoms with Crippen LogP contribution in [-0.4, -0.2) is 110 Å². The molecule has 0 radical (unpaired) electrons. The molecule has 5 rings (SSSR count).